The number of anilines is 2. The summed E-state index contributed by atoms with van der Waals surface area (Å²) in [7, 11) is 0. The van der Waals surface area contributed by atoms with E-state index in [0.29, 0.717) is 39.9 Å². The molecule has 1 saturated heterocycles. The maximum atomic E-state index is 13.0. The van der Waals surface area contributed by atoms with Gasteiger partial charge in [-0.1, -0.05) is 41.4 Å². The van der Waals surface area contributed by atoms with Crippen molar-refractivity contribution in [3.8, 4) is 0 Å². The molecule has 39 heavy (non-hydrogen) atoms. The molecule has 12 heteroatoms. The Balaban J connectivity index is 1.43. The second-order valence-electron chi connectivity index (χ2n) is 8.93. The van der Waals surface area contributed by atoms with Gasteiger partial charge in [0, 0.05) is 37.6 Å². The largest absolute Gasteiger partial charge is 0.481 e. The van der Waals surface area contributed by atoms with Gasteiger partial charge in [0.15, 0.2) is 0 Å². The number of carboxylic acid groups (broad SMARTS) is 1. The number of halogens is 2. The Hall–Kier alpha value is -3.99. The van der Waals surface area contributed by atoms with Crippen LogP contribution in [0.25, 0.3) is 0 Å². The highest BCUT2D eigenvalue weighted by atomic mass is 35.5. The van der Waals surface area contributed by atoms with Gasteiger partial charge in [-0.2, -0.15) is 0 Å². The molecular weight excluding hydrogens is 545 g/mol. The highest BCUT2D eigenvalue weighted by Gasteiger charge is 2.36. The Morgan fingerprint density at radius 1 is 1.15 bits per heavy atom. The van der Waals surface area contributed by atoms with E-state index < -0.39 is 23.8 Å². The van der Waals surface area contributed by atoms with Crippen LogP contribution in [0.4, 0.5) is 11.4 Å². The van der Waals surface area contributed by atoms with E-state index >= 15 is 0 Å². The van der Waals surface area contributed by atoms with E-state index in [0.717, 1.165) is 5.56 Å². The van der Waals surface area contributed by atoms with Crippen molar-refractivity contribution in [1.29, 1.82) is 0 Å². The normalized spacial score (nSPS) is 15.6. The number of hydrazine groups is 1. The third-order valence-electron chi connectivity index (χ3n) is 6.24. The summed E-state index contributed by atoms with van der Waals surface area (Å²) in [6, 6.07) is 14.5. The first-order valence-corrected chi connectivity index (χ1v) is 12.7. The highest BCUT2D eigenvalue weighted by molar-refractivity contribution is 6.42. The summed E-state index contributed by atoms with van der Waals surface area (Å²) < 4.78 is 0. The van der Waals surface area contributed by atoms with Crippen molar-refractivity contribution >= 4 is 58.8 Å². The Morgan fingerprint density at radius 2 is 1.97 bits per heavy atom. The van der Waals surface area contributed by atoms with Crippen LogP contribution in [0.5, 0.6) is 0 Å². The minimum absolute atomic E-state index is 0.0319. The minimum atomic E-state index is -1.07. The molecule has 0 saturated carbocycles. The van der Waals surface area contributed by atoms with Gasteiger partial charge in [0.1, 0.15) is 0 Å². The fourth-order valence-corrected chi connectivity index (χ4v) is 4.58. The lowest BCUT2D eigenvalue weighted by atomic mass is 10.0. The van der Waals surface area contributed by atoms with Crippen LogP contribution < -0.4 is 20.7 Å². The number of nitrogens with zero attached hydrogens (tertiary/aromatic N) is 3. The molecule has 0 radical (unpaired) electrons. The predicted molar refractivity (Wildman–Crippen MR) is 146 cm³/mol. The third kappa shape index (κ3) is 7.11. The molecule has 3 amide bonds. The first-order chi connectivity index (χ1) is 18.7. The van der Waals surface area contributed by atoms with Gasteiger partial charge in [-0.3, -0.25) is 24.2 Å². The fraction of sp³-hybridized carbons (Fsp3) is 0.222. The molecule has 3 aromatic rings. The van der Waals surface area contributed by atoms with Crippen LogP contribution in [0, 0.1) is 5.92 Å². The third-order valence-corrected chi connectivity index (χ3v) is 6.98. The van der Waals surface area contributed by atoms with Crippen molar-refractivity contribution in [2.24, 2.45) is 5.92 Å². The number of hydrogen-bond acceptors (Lipinski definition) is 6. The number of nitrogens with one attached hydrogen (secondary N) is 2. The Kier molecular flexibility index (Phi) is 9.13. The second-order valence-corrected chi connectivity index (χ2v) is 9.74. The van der Waals surface area contributed by atoms with Crippen LogP contribution in [0.3, 0.4) is 0 Å². The number of rotatable bonds is 11. The molecule has 2 unspecified atom stereocenters. The predicted octanol–water partition coefficient (Wildman–Crippen LogP) is 3.74. The van der Waals surface area contributed by atoms with Gasteiger partial charge < -0.3 is 15.3 Å². The molecule has 2 atom stereocenters. The lowest BCUT2D eigenvalue weighted by Gasteiger charge is -2.23. The Bertz CT molecular complexity index is 1370. The van der Waals surface area contributed by atoms with E-state index in [4.69, 9.17) is 23.2 Å². The van der Waals surface area contributed by atoms with E-state index in [1.807, 2.05) is 0 Å². The molecule has 4 rings (SSSR count). The lowest BCUT2D eigenvalue weighted by molar-refractivity contribution is -0.138. The fourth-order valence-electron chi connectivity index (χ4n) is 4.26. The van der Waals surface area contributed by atoms with E-state index in [-0.39, 0.29) is 25.3 Å². The van der Waals surface area contributed by atoms with Crippen LogP contribution in [0.15, 0.2) is 67.0 Å². The monoisotopic (exact) mass is 569 g/mol. The summed E-state index contributed by atoms with van der Waals surface area (Å²) in [4.78, 5) is 54.6. The van der Waals surface area contributed by atoms with Crippen molar-refractivity contribution in [3.63, 3.8) is 0 Å². The molecule has 0 aliphatic carbocycles. The zero-order valence-corrected chi connectivity index (χ0v) is 22.1. The smallest absolute Gasteiger partial charge is 0.305 e. The SMILES string of the molecule is O=CN(NCc1ccc(Cl)c(Cl)c1)c1cccc(N2CC(C(=O)NC(CC(=O)O)c3cccnc3)CC2=O)c1. The van der Waals surface area contributed by atoms with Crippen LogP contribution in [0.1, 0.15) is 30.0 Å². The first-order valence-electron chi connectivity index (χ1n) is 12.0. The maximum absolute atomic E-state index is 13.0. The van der Waals surface area contributed by atoms with E-state index in [2.05, 4.69) is 15.7 Å². The zero-order valence-electron chi connectivity index (χ0n) is 20.6. The lowest BCUT2D eigenvalue weighted by Crippen LogP contribution is -2.37. The van der Waals surface area contributed by atoms with E-state index in [1.165, 1.54) is 16.1 Å². The maximum Gasteiger partial charge on any atom is 0.305 e. The Labute approximate surface area is 234 Å². The van der Waals surface area contributed by atoms with Gasteiger partial charge in [-0.25, -0.2) is 10.4 Å². The number of aromatic nitrogens is 1. The molecule has 3 N–H and O–H groups in total. The van der Waals surface area contributed by atoms with Crippen LogP contribution in [-0.2, 0) is 25.7 Å². The number of aliphatic carboxylic acids is 1. The topological polar surface area (TPSA) is 132 Å². The van der Waals surface area contributed by atoms with Gasteiger partial charge in [0.05, 0.1) is 34.1 Å². The molecule has 2 heterocycles. The number of carboxylic acids is 1. The summed E-state index contributed by atoms with van der Waals surface area (Å²) in [5.74, 6) is -2.43. The van der Waals surface area contributed by atoms with Crippen molar-refractivity contribution in [3.05, 3.63) is 88.2 Å². The summed E-state index contributed by atoms with van der Waals surface area (Å²) in [5.41, 5.74) is 5.37. The highest BCUT2D eigenvalue weighted by Crippen LogP contribution is 2.29. The van der Waals surface area contributed by atoms with Gasteiger partial charge in [0.25, 0.3) is 0 Å². The molecule has 202 valence electrons. The molecule has 10 nitrogen and oxygen atoms in total. The van der Waals surface area contributed by atoms with E-state index in [1.54, 1.807) is 60.8 Å². The minimum Gasteiger partial charge on any atom is -0.481 e. The molecule has 2 aromatic carbocycles. The number of amides is 3. The van der Waals surface area contributed by atoms with Crippen molar-refractivity contribution in [1.82, 2.24) is 15.7 Å². The Morgan fingerprint density at radius 3 is 2.67 bits per heavy atom. The number of carbonyl (C=O) groups excluding carboxylic acids is 3. The van der Waals surface area contributed by atoms with Crippen molar-refractivity contribution < 1.29 is 24.3 Å². The van der Waals surface area contributed by atoms with Crippen molar-refractivity contribution in [2.45, 2.75) is 25.4 Å². The molecule has 1 aliphatic heterocycles. The van der Waals surface area contributed by atoms with Gasteiger partial charge >= 0.3 is 5.97 Å². The molecule has 1 fully saturated rings. The zero-order chi connectivity index (χ0) is 27.9. The molecule has 1 aliphatic rings. The number of benzene rings is 2. The number of hydrogen-bond donors (Lipinski definition) is 3. The summed E-state index contributed by atoms with van der Waals surface area (Å²) >= 11 is 12.0. The quantitative estimate of drug-likeness (QED) is 0.236. The average molecular weight is 570 g/mol. The molecule has 0 spiro atoms. The first kappa shape index (κ1) is 28.0. The average Bonchev–Trinajstić information content (AvgIpc) is 3.33. The number of pyridine rings is 1. The standard InChI is InChI=1S/C27H25Cl2N5O5/c28-22-7-6-17(9-23(22)29)13-31-34(16-35)21-5-1-4-20(11-21)33-15-19(10-25(33)36)27(39)32-24(12-26(37)38)18-3-2-8-30-14-18/h1-9,11,14,16,19,24,31H,10,12-13,15H2,(H,32,39)(H,37,38). The summed E-state index contributed by atoms with van der Waals surface area (Å²) in [6.45, 7) is 0.401. The van der Waals surface area contributed by atoms with Crippen molar-refractivity contribution in [2.75, 3.05) is 16.5 Å². The molecule has 1 aromatic heterocycles. The second kappa shape index (κ2) is 12.7. The van der Waals surface area contributed by atoms with E-state index in [9.17, 15) is 24.3 Å². The van der Waals surface area contributed by atoms with Gasteiger partial charge in [-0.15, -0.1) is 0 Å². The molecular formula is C27H25Cl2N5O5. The summed E-state index contributed by atoms with van der Waals surface area (Å²) in [6.07, 6.45) is 3.31. The van der Waals surface area contributed by atoms with Crippen LogP contribution in [0.2, 0.25) is 10.0 Å². The molecule has 0 bridgehead atoms. The van der Waals surface area contributed by atoms with Crippen LogP contribution >= 0.6 is 23.2 Å². The number of carbonyl (C=O) groups is 4. The van der Waals surface area contributed by atoms with Crippen LogP contribution in [-0.4, -0.2) is 40.8 Å². The van der Waals surface area contributed by atoms with Gasteiger partial charge in [0.2, 0.25) is 18.2 Å². The summed E-state index contributed by atoms with van der Waals surface area (Å²) in [5, 5.41) is 14.2. The van der Waals surface area contributed by atoms with Gasteiger partial charge in [-0.05, 0) is 47.5 Å².